The van der Waals surface area contributed by atoms with Gasteiger partial charge < -0.3 is 9.84 Å². The Labute approximate surface area is 122 Å². The summed E-state index contributed by atoms with van der Waals surface area (Å²) in [6.07, 6.45) is 4.34. The van der Waals surface area contributed by atoms with Crippen molar-refractivity contribution >= 4 is 39.3 Å². The van der Waals surface area contributed by atoms with Crippen LogP contribution in [0.15, 0.2) is 40.5 Å². The van der Waals surface area contributed by atoms with E-state index in [1.165, 1.54) is 17.4 Å². The van der Waals surface area contributed by atoms with Crippen LogP contribution < -0.4 is 4.74 Å². The molecule has 4 nitrogen and oxygen atoms in total. The molecule has 0 saturated carbocycles. The van der Waals surface area contributed by atoms with E-state index in [1.807, 2.05) is 6.07 Å². The van der Waals surface area contributed by atoms with Crippen molar-refractivity contribution in [3.8, 4) is 5.75 Å². The topological polar surface area (TPSA) is 59.4 Å². The zero-order valence-corrected chi connectivity index (χ0v) is 12.1. The fourth-order valence-corrected chi connectivity index (χ4v) is 2.29. The molecule has 0 unspecified atom stereocenters. The summed E-state index contributed by atoms with van der Waals surface area (Å²) in [7, 11) is 0. The predicted octanol–water partition coefficient (Wildman–Crippen LogP) is 3.58. The number of ether oxygens (including phenoxy) is 1. The van der Waals surface area contributed by atoms with Crippen LogP contribution in [0.5, 0.6) is 5.75 Å². The van der Waals surface area contributed by atoms with Gasteiger partial charge in [-0.25, -0.2) is 4.79 Å². The van der Waals surface area contributed by atoms with E-state index >= 15 is 0 Å². The summed E-state index contributed by atoms with van der Waals surface area (Å²) in [5.41, 5.74) is 2.45. The molecule has 0 amide bonds. The van der Waals surface area contributed by atoms with Gasteiger partial charge in [0.05, 0.1) is 10.4 Å². The number of aliphatic carboxylic acids is 1. The van der Waals surface area contributed by atoms with Crippen LogP contribution in [0.1, 0.15) is 10.4 Å². The van der Waals surface area contributed by atoms with Gasteiger partial charge in [0.25, 0.3) is 0 Å². The van der Waals surface area contributed by atoms with Crippen molar-refractivity contribution in [3.05, 3.63) is 50.9 Å². The second-order valence-corrected chi connectivity index (χ2v) is 5.50. The van der Waals surface area contributed by atoms with E-state index in [9.17, 15) is 4.79 Å². The fraction of sp³-hybridized carbons (Fsp3) is 0.0769. The first-order valence-corrected chi connectivity index (χ1v) is 7.03. The minimum Gasteiger partial charge on any atom is -0.487 e. The van der Waals surface area contributed by atoms with E-state index in [4.69, 9.17) is 9.84 Å². The van der Waals surface area contributed by atoms with Crippen LogP contribution in [0.25, 0.3) is 6.08 Å². The standard InChI is InChI=1S/C13H10BrNO3S/c14-10-2-3-12(9(5-10)1-4-13(16)17)18-7-11-6-15-8-19-11/h1-6,8H,7H2,(H,16,17)/b4-1+. The Balaban J connectivity index is 2.16. The molecule has 0 spiro atoms. The van der Waals surface area contributed by atoms with Crippen LogP contribution in [-0.2, 0) is 11.4 Å². The monoisotopic (exact) mass is 339 g/mol. The lowest BCUT2D eigenvalue weighted by molar-refractivity contribution is -0.131. The van der Waals surface area contributed by atoms with Crippen LogP contribution in [0.4, 0.5) is 0 Å². The molecule has 2 rings (SSSR count). The fourth-order valence-electron chi connectivity index (χ4n) is 1.40. The molecule has 19 heavy (non-hydrogen) atoms. The summed E-state index contributed by atoms with van der Waals surface area (Å²) in [5, 5.41) is 8.67. The van der Waals surface area contributed by atoms with Crippen molar-refractivity contribution in [2.24, 2.45) is 0 Å². The lowest BCUT2D eigenvalue weighted by Crippen LogP contribution is -1.95. The van der Waals surface area contributed by atoms with E-state index in [0.29, 0.717) is 17.9 Å². The quantitative estimate of drug-likeness (QED) is 0.845. The maximum absolute atomic E-state index is 10.6. The van der Waals surface area contributed by atoms with Gasteiger partial charge in [-0.15, -0.1) is 11.3 Å². The van der Waals surface area contributed by atoms with Gasteiger partial charge in [0, 0.05) is 22.3 Å². The summed E-state index contributed by atoms with van der Waals surface area (Å²) >= 11 is 4.86. The van der Waals surface area contributed by atoms with E-state index in [2.05, 4.69) is 20.9 Å². The largest absolute Gasteiger partial charge is 0.487 e. The highest BCUT2D eigenvalue weighted by atomic mass is 79.9. The molecule has 1 N–H and O–H groups in total. The number of thiazole rings is 1. The predicted molar refractivity (Wildman–Crippen MR) is 77.3 cm³/mol. The number of nitrogens with zero attached hydrogens (tertiary/aromatic N) is 1. The molecule has 0 atom stereocenters. The highest BCUT2D eigenvalue weighted by Gasteiger charge is 2.04. The molecule has 2 aromatic rings. The SMILES string of the molecule is O=C(O)/C=C/c1cc(Br)ccc1OCc1cncs1. The highest BCUT2D eigenvalue weighted by molar-refractivity contribution is 9.10. The smallest absolute Gasteiger partial charge is 0.328 e. The third kappa shape index (κ3) is 4.18. The highest BCUT2D eigenvalue weighted by Crippen LogP contribution is 2.25. The third-order valence-electron chi connectivity index (χ3n) is 2.23. The normalized spacial score (nSPS) is 10.8. The second kappa shape index (κ2) is 6.49. The van der Waals surface area contributed by atoms with Gasteiger partial charge >= 0.3 is 5.97 Å². The van der Waals surface area contributed by atoms with Crippen LogP contribution in [0.2, 0.25) is 0 Å². The number of carbonyl (C=O) groups is 1. The first kappa shape index (κ1) is 13.8. The molecule has 0 radical (unpaired) electrons. The van der Waals surface area contributed by atoms with Gasteiger partial charge in [0.2, 0.25) is 0 Å². The Morgan fingerprint density at radius 2 is 2.37 bits per heavy atom. The Kier molecular flexibility index (Phi) is 4.70. The Morgan fingerprint density at radius 1 is 1.53 bits per heavy atom. The number of halogens is 1. The maximum Gasteiger partial charge on any atom is 0.328 e. The number of rotatable bonds is 5. The molecule has 0 bridgehead atoms. The number of hydrogen-bond donors (Lipinski definition) is 1. The molecule has 1 aromatic carbocycles. The van der Waals surface area contributed by atoms with Crippen LogP contribution in [-0.4, -0.2) is 16.1 Å². The number of benzene rings is 1. The molecule has 0 aliphatic carbocycles. The Morgan fingerprint density at radius 3 is 3.05 bits per heavy atom. The molecule has 0 saturated heterocycles. The molecule has 6 heteroatoms. The van der Waals surface area contributed by atoms with E-state index in [1.54, 1.807) is 23.8 Å². The van der Waals surface area contributed by atoms with Gasteiger partial charge in [-0.1, -0.05) is 15.9 Å². The molecule has 0 fully saturated rings. The number of aromatic nitrogens is 1. The average molecular weight is 340 g/mol. The van der Waals surface area contributed by atoms with Crippen molar-refractivity contribution in [3.63, 3.8) is 0 Å². The Bertz CT molecular complexity index is 596. The van der Waals surface area contributed by atoms with E-state index in [-0.39, 0.29) is 0 Å². The summed E-state index contributed by atoms with van der Waals surface area (Å²) in [5.74, 6) is -0.359. The number of carboxylic acid groups (broad SMARTS) is 1. The molecular formula is C13H10BrNO3S. The van der Waals surface area contributed by atoms with Gasteiger partial charge in [-0.05, 0) is 24.3 Å². The maximum atomic E-state index is 10.6. The first-order valence-electron chi connectivity index (χ1n) is 5.36. The lowest BCUT2D eigenvalue weighted by atomic mass is 10.2. The van der Waals surface area contributed by atoms with Crippen LogP contribution >= 0.6 is 27.3 Å². The van der Waals surface area contributed by atoms with Gasteiger partial charge in [-0.3, -0.25) is 4.98 Å². The van der Waals surface area contributed by atoms with Crippen molar-refractivity contribution in [2.75, 3.05) is 0 Å². The number of carboxylic acids is 1. The zero-order chi connectivity index (χ0) is 13.7. The summed E-state index contributed by atoms with van der Waals surface area (Å²) < 4.78 is 6.54. The minimum absolute atomic E-state index is 0.417. The Hall–Kier alpha value is -1.66. The van der Waals surface area contributed by atoms with Crippen LogP contribution in [0.3, 0.4) is 0 Å². The molecule has 0 aliphatic rings. The van der Waals surface area contributed by atoms with Crippen molar-refractivity contribution in [2.45, 2.75) is 6.61 Å². The first-order chi connectivity index (χ1) is 9.15. The average Bonchev–Trinajstić information content (AvgIpc) is 2.88. The van der Waals surface area contributed by atoms with Crippen LogP contribution in [0, 0.1) is 0 Å². The van der Waals surface area contributed by atoms with Crippen molar-refractivity contribution < 1.29 is 14.6 Å². The third-order valence-corrected chi connectivity index (χ3v) is 3.48. The summed E-state index contributed by atoms with van der Waals surface area (Å²) in [4.78, 5) is 15.5. The minimum atomic E-state index is -0.992. The van der Waals surface area contributed by atoms with Gasteiger partial charge in [-0.2, -0.15) is 0 Å². The number of hydrogen-bond acceptors (Lipinski definition) is 4. The molecule has 0 aliphatic heterocycles. The van der Waals surface area contributed by atoms with Gasteiger partial charge in [0.1, 0.15) is 12.4 Å². The molecule has 1 heterocycles. The second-order valence-electron chi connectivity index (χ2n) is 3.61. The zero-order valence-electron chi connectivity index (χ0n) is 9.75. The van der Waals surface area contributed by atoms with Crippen molar-refractivity contribution in [1.82, 2.24) is 4.98 Å². The van der Waals surface area contributed by atoms with E-state index in [0.717, 1.165) is 15.4 Å². The molecule has 1 aromatic heterocycles. The lowest BCUT2D eigenvalue weighted by Gasteiger charge is -2.08. The summed E-state index contributed by atoms with van der Waals surface area (Å²) in [6.45, 7) is 0.417. The van der Waals surface area contributed by atoms with Gasteiger partial charge in [0.15, 0.2) is 0 Å². The molecular weight excluding hydrogens is 330 g/mol. The van der Waals surface area contributed by atoms with Crippen molar-refractivity contribution in [1.29, 1.82) is 0 Å². The summed E-state index contributed by atoms with van der Waals surface area (Å²) in [6, 6.07) is 5.45. The molecule has 98 valence electrons. The van der Waals surface area contributed by atoms with E-state index < -0.39 is 5.97 Å².